The fourth-order valence-corrected chi connectivity index (χ4v) is 12.0. The zero-order valence-electron chi connectivity index (χ0n) is 45.1. The van der Waals surface area contributed by atoms with Gasteiger partial charge in [0.25, 0.3) is 11.8 Å². The molecule has 2 spiro atoms. The van der Waals surface area contributed by atoms with Gasteiger partial charge in [-0.25, -0.2) is 26.4 Å². The molecule has 4 aliphatic heterocycles. The molecular weight excluding hydrogens is 1150 g/mol. The van der Waals surface area contributed by atoms with Crippen LogP contribution in [-0.4, -0.2) is 121 Å². The number of alkyl halides is 6. The van der Waals surface area contributed by atoms with Gasteiger partial charge in [0.15, 0.2) is 0 Å². The van der Waals surface area contributed by atoms with Gasteiger partial charge in [0.05, 0.1) is 11.1 Å². The summed E-state index contributed by atoms with van der Waals surface area (Å²) in [5.41, 5.74) is 2.49. The fraction of sp³-hybridized carbons (Fsp3) is 0.593. The molecule has 16 nitrogen and oxygen atoms in total. The lowest BCUT2D eigenvalue weighted by Gasteiger charge is -2.34. The summed E-state index contributed by atoms with van der Waals surface area (Å²) in [5.74, 6) is -1.11. The predicted octanol–water partition coefficient (Wildman–Crippen LogP) is 11.6. The van der Waals surface area contributed by atoms with Crippen LogP contribution in [0.15, 0.2) is 56.1 Å². The quantitative estimate of drug-likeness (QED) is 0.0607. The van der Waals surface area contributed by atoms with Gasteiger partial charge >= 0.3 is 24.3 Å². The molecule has 2 amide bonds. The number of aliphatic imine (C=N–C) groups is 2. The number of halogens is 7. The van der Waals surface area contributed by atoms with Crippen LogP contribution in [0.3, 0.4) is 0 Å². The Morgan fingerprint density at radius 3 is 1.28 bits per heavy atom. The fourth-order valence-electron chi connectivity index (χ4n) is 9.73. The third kappa shape index (κ3) is 20.5. The molecule has 2 fully saturated rings. The molecule has 2 aromatic carbocycles. The first-order valence-electron chi connectivity index (χ1n) is 26.4. The highest BCUT2D eigenvalue weighted by Crippen LogP contribution is 2.34. The molecule has 0 saturated carbocycles. The van der Waals surface area contributed by atoms with E-state index >= 15 is 0 Å². The Hall–Kier alpha value is -4.98. The van der Waals surface area contributed by atoms with Crippen LogP contribution >= 0.6 is 15.9 Å². The SMILES string of the molecule is C=CS(=O)(=O)N1CCC2(CC1)N=C(CCCCCCCCC(F)(F)F)NC2=O.Cc1cc(C(=O)O)cc(C)c1/C=C/S(=O)(=O)N1CCC2(CC1)N=C(CCCCCCCCC(F)(F)F)NC2=O.Cc1cc(C(=O)O)cc(C)c1Br. The van der Waals surface area contributed by atoms with E-state index in [9.17, 15) is 67.5 Å². The number of amides is 2. The molecule has 25 heteroatoms. The lowest BCUT2D eigenvalue weighted by atomic mass is 9.89. The number of aryl methyl sites for hydroxylation is 4. The van der Waals surface area contributed by atoms with Crippen molar-refractivity contribution in [1.82, 2.24) is 19.2 Å². The molecule has 0 aliphatic carbocycles. The van der Waals surface area contributed by atoms with Gasteiger partial charge in [-0.1, -0.05) is 73.9 Å². The molecule has 0 radical (unpaired) electrons. The summed E-state index contributed by atoms with van der Waals surface area (Å²) in [5, 5.41) is 25.6. The standard InChI is InChI=1S/C27H36F3N3O5S.C18H28F3N3O3S.C9H9BrO2/c1-19-17-21(24(34)35)18-20(2)22(19)10-16-39(37,38)33-14-12-26(13-15-33)25(36)31-23(32-26)9-7-5-3-4-6-8-11-27(28,29)30;1-2-28(26,27)24-13-11-17(12-14-24)16(25)22-15(23-17)9-7-5-3-4-6-8-10-18(19,20)21;1-5-3-7(9(11)12)4-6(2)8(5)10/h10,16-18H,3-9,11-15H2,1-2H3,(H,34,35)(H,31,32,36);2H,1,3-14H2,(H,22,23,25);3-4H,1-2H3,(H,11,12)/b16-10+;;. The molecule has 0 unspecified atom stereocenters. The van der Waals surface area contributed by atoms with Gasteiger partial charge in [0, 0.05) is 67.2 Å². The third-order valence-electron chi connectivity index (χ3n) is 14.3. The number of rotatable bonds is 23. The summed E-state index contributed by atoms with van der Waals surface area (Å²) >= 11 is 3.37. The van der Waals surface area contributed by atoms with E-state index in [4.69, 9.17) is 5.11 Å². The van der Waals surface area contributed by atoms with Gasteiger partial charge in [-0.3, -0.25) is 19.6 Å². The van der Waals surface area contributed by atoms with E-state index in [1.165, 1.54) is 26.8 Å². The highest BCUT2D eigenvalue weighted by Gasteiger charge is 2.48. The number of carboxylic acid groups (broad SMARTS) is 2. The first-order valence-corrected chi connectivity index (χ1v) is 30.2. The molecule has 4 N–H and O–H groups in total. The Morgan fingerprint density at radius 1 is 0.608 bits per heavy atom. The first kappa shape index (κ1) is 66.5. The Bertz CT molecular complexity index is 2780. The number of piperidine rings is 2. The van der Waals surface area contributed by atoms with Crippen LogP contribution < -0.4 is 10.6 Å². The number of aromatic carboxylic acids is 2. The first-order chi connectivity index (χ1) is 36.8. The van der Waals surface area contributed by atoms with Gasteiger partial charge in [-0.05, 0) is 137 Å². The number of carboxylic acids is 2. The van der Waals surface area contributed by atoms with Crippen LogP contribution in [0.5, 0.6) is 0 Å². The van der Waals surface area contributed by atoms with Crippen molar-refractivity contribution in [1.29, 1.82) is 0 Å². The van der Waals surface area contributed by atoms with Crippen molar-refractivity contribution in [2.24, 2.45) is 9.98 Å². The van der Waals surface area contributed by atoms with Crippen LogP contribution in [0.1, 0.15) is 177 Å². The highest BCUT2D eigenvalue weighted by atomic mass is 79.9. The summed E-state index contributed by atoms with van der Waals surface area (Å²) < 4.78 is 126. The second-order valence-corrected chi connectivity index (χ2v) is 25.0. The summed E-state index contributed by atoms with van der Waals surface area (Å²) in [6, 6.07) is 6.30. The average Bonchev–Trinajstić information content (AvgIpc) is 3.84. The molecule has 2 aromatic rings. The normalized spacial score (nSPS) is 17.6. The van der Waals surface area contributed by atoms with Crippen molar-refractivity contribution >= 4 is 77.5 Å². The second kappa shape index (κ2) is 29.1. The maximum atomic E-state index is 13.0. The van der Waals surface area contributed by atoms with E-state index in [0.717, 1.165) is 77.8 Å². The van der Waals surface area contributed by atoms with Gasteiger partial charge in [-0.2, -0.15) is 35.0 Å². The number of unbranched alkanes of at least 4 members (excludes halogenated alkanes) is 10. The molecule has 440 valence electrons. The van der Waals surface area contributed by atoms with E-state index in [1.54, 1.807) is 26.0 Å². The second-order valence-electron chi connectivity index (χ2n) is 20.5. The highest BCUT2D eigenvalue weighted by molar-refractivity contribution is 9.10. The average molecular weight is 1220 g/mol. The van der Waals surface area contributed by atoms with Crippen LogP contribution in [0, 0.1) is 27.7 Å². The minimum atomic E-state index is -4.10. The van der Waals surface area contributed by atoms with E-state index in [-0.39, 0.29) is 69.2 Å². The number of nitrogens with one attached hydrogen (secondary N) is 2. The van der Waals surface area contributed by atoms with Gasteiger partial charge in [0.2, 0.25) is 20.0 Å². The molecule has 6 rings (SSSR count). The topological polar surface area (TPSA) is 232 Å². The van der Waals surface area contributed by atoms with E-state index in [0.29, 0.717) is 72.4 Å². The maximum Gasteiger partial charge on any atom is 0.389 e. The van der Waals surface area contributed by atoms with Gasteiger partial charge in [-0.15, -0.1) is 0 Å². The number of sulfonamides is 2. The van der Waals surface area contributed by atoms with Crippen LogP contribution in [0.25, 0.3) is 6.08 Å². The monoisotopic (exact) mass is 1220 g/mol. The number of hydrogen-bond donors (Lipinski definition) is 4. The Labute approximate surface area is 467 Å². The van der Waals surface area contributed by atoms with Gasteiger partial charge < -0.3 is 20.8 Å². The van der Waals surface area contributed by atoms with Crippen LogP contribution in [0.2, 0.25) is 0 Å². The van der Waals surface area contributed by atoms with Crippen LogP contribution in [-0.2, 0) is 29.6 Å². The molecule has 2 saturated heterocycles. The maximum absolute atomic E-state index is 13.0. The van der Waals surface area contributed by atoms with Crippen molar-refractivity contribution < 1.29 is 72.6 Å². The molecular formula is C54H73BrF6N6O10S2. The lowest BCUT2D eigenvalue weighted by molar-refractivity contribution is -0.136. The third-order valence-corrected chi connectivity index (χ3v) is 18.6. The molecule has 0 aromatic heterocycles. The van der Waals surface area contributed by atoms with Crippen LogP contribution in [0.4, 0.5) is 26.3 Å². The molecule has 0 atom stereocenters. The number of amidine groups is 2. The largest absolute Gasteiger partial charge is 0.478 e. The summed E-state index contributed by atoms with van der Waals surface area (Å²) in [4.78, 5) is 56.1. The summed E-state index contributed by atoms with van der Waals surface area (Å²) in [6.45, 7) is 11.3. The minimum absolute atomic E-state index is 0.140. The molecule has 4 heterocycles. The number of carbonyl (C=O) groups excluding carboxylic acids is 2. The van der Waals surface area contributed by atoms with Crippen molar-refractivity contribution in [2.75, 3.05) is 26.2 Å². The number of nitrogens with zero attached hydrogens (tertiary/aromatic N) is 4. The van der Waals surface area contributed by atoms with Crippen molar-refractivity contribution in [3.05, 3.63) is 85.1 Å². The molecule has 79 heavy (non-hydrogen) atoms. The van der Waals surface area contributed by atoms with E-state index < -0.39 is 68.3 Å². The van der Waals surface area contributed by atoms with E-state index in [2.05, 4.69) is 43.1 Å². The Kier molecular flexibility index (Phi) is 24.5. The molecule has 4 aliphatic rings. The zero-order valence-corrected chi connectivity index (χ0v) is 48.3. The minimum Gasteiger partial charge on any atom is -0.478 e. The van der Waals surface area contributed by atoms with E-state index in [1.807, 2.05) is 13.8 Å². The lowest BCUT2D eigenvalue weighted by Crippen LogP contribution is -2.50. The molecule has 0 bridgehead atoms. The Morgan fingerprint density at radius 2 is 0.937 bits per heavy atom. The number of benzene rings is 2. The summed E-state index contributed by atoms with van der Waals surface area (Å²) in [6.07, 6.45) is 2.18. The predicted molar refractivity (Wildman–Crippen MR) is 295 cm³/mol. The smallest absolute Gasteiger partial charge is 0.389 e. The number of hydrogen-bond acceptors (Lipinski definition) is 10. The van der Waals surface area contributed by atoms with Crippen molar-refractivity contribution in [3.8, 4) is 0 Å². The Balaban J connectivity index is 0.000000291. The van der Waals surface area contributed by atoms with Crippen molar-refractivity contribution in [3.63, 3.8) is 0 Å². The summed E-state index contributed by atoms with van der Waals surface area (Å²) in [7, 11) is -7.24. The zero-order chi connectivity index (χ0) is 59.0. The van der Waals surface area contributed by atoms with Crippen molar-refractivity contribution in [2.45, 2.75) is 180 Å². The van der Waals surface area contributed by atoms with Gasteiger partial charge in [0.1, 0.15) is 22.7 Å². The number of carbonyl (C=O) groups is 4.